The molecule has 7 aromatic carbocycles. The molecule has 2 heterocycles. The zero-order chi connectivity index (χ0) is 33.4. The molecule has 0 aliphatic heterocycles. The maximum Gasteiger partial charge on any atom is 2.00 e. The van der Waals surface area contributed by atoms with Gasteiger partial charge >= 0.3 is 31.1 Å². The predicted octanol–water partition coefficient (Wildman–Crippen LogP) is 10.5. The van der Waals surface area contributed by atoms with Crippen LogP contribution in [0.25, 0.3) is 71.9 Å². The molecule has 0 amide bonds. The minimum absolute atomic E-state index is 0. The van der Waals surface area contributed by atoms with E-state index in [9.17, 15) is 0 Å². The Kier molecular flexibility index (Phi) is 9.36. The summed E-state index contributed by atoms with van der Waals surface area (Å²) >= 11 is 0. The van der Waals surface area contributed by atoms with Gasteiger partial charge in [0, 0.05) is 39.8 Å². The van der Waals surface area contributed by atoms with Gasteiger partial charge in [-0.1, -0.05) is 84.4 Å². The van der Waals surface area contributed by atoms with E-state index < -0.39 is 6.17 Å². The van der Waals surface area contributed by atoms with E-state index in [1.54, 1.807) is 0 Å². The van der Waals surface area contributed by atoms with Crippen molar-refractivity contribution in [3.05, 3.63) is 186 Å². The van der Waals surface area contributed by atoms with Crippen LogP contribution in [0.1, 0.15) is 29.0 Å². The standard InChI is InChI=1S/C45H32N3O2.U/c46-44(31-12-5-2-6-13-31)48-45(35-20-23-38-36-16-7-8-17-40(36)49-43(38)27-35)47-28-29-18-21-37-39-22-19-34(26-42(39)50-41(37)24-29)33-15-9-14-32(25-33)30-10-3-1-4-11-30;/h1-10,12-24,26-27,44-48H,28H2;/q-3;+2/p+1. The second-order valence-corrected chi connectivity index (χ2v) is 12.7. The smallest absolute Gasteiger partial charge is 0.621 e. The zero-order valence-electron chi connectivity index (χ0n) is 27.7. The average Bonchev–Trinajstić information content (AvgIpc) is 3.74. The van der Waals surface area contributed by atoms with Gasteiger partial charge in [-0.25, -0.2) is 5.56 Å². The molecule has 0 saturated heterocycles. The summed E-state index contributed by atoms with van der Waals surface area (Å²) < 4.78 is 12.7. The average molecular weight is 886 g/mol. The van der Waals surface area contributed by atoms with E-state index in [0.717, 1.165) is 82.8 Å². The topological polar surface area (TPSA) is 78.7 Å². The largest absolute Gasteiger partial charge is 2.00 e. The van der Waals surface area contributed by atoms with E-state index in [2.05, 4.69) is 108 Å². The summed E-state index contributed by atoms with van der Waals surface area (Å²) in [5.74, 6) is 0. The van der Waals surface area contributed by atoms with Crippen LogP contribution in [0.3, 0.4) is 0 Å². The van der Waals surface area contributed by atoms with Gasteiger partial charge < -0.3 is 19.9 Å². The minimum atomic E-state index is -0.504. The Morgan fingerprint density at radius 2 is 1.24 bits per heavy atom. The molecule has 51 heavy (non-hydrogen) atoms. The Balaban J connectivity index is 0.00000374. The number of benzene rings is 7. The Labute approximate surface area is 319 Å². The monoisotopic (exact) mass is 885 g/mol. The fourth-order valence-corrected chi connectivity index (χ4v) is 6.88. The Morgan fingerprint density at radius 1 is 0.569 bits per heavy atom. The second-order valence-electron chi connectivity index (χ2n) is 12.7. The quantitative estimate of drug-likeness (QED) is 0.112. The minimum Gasteiger partial charge on any atom is -0.621 e. The van der Waals surface area contributed by atoms with Gasteiger partial charge in [-0.2, -0.15) is 42.0 Å². The van der Waals surface area contributed by atoms with E-state index in [-0.39, 0.29) is 37.3 Å². The summed E-state index contributed by atoms with van der Waals surface area (Å²) in [5, 5.41) is 10.2. The third kappa shape index (κ3) is 6.66. The first kappa shape index (κ1) is 33.2. The van der Waals surface area contributed by atoms with Crippen LogP contribution in [0.5, 0.6) is 0 Å². The third-order valence-electron chi connectivity index (χ3n) is 9.47. The van der Waals surface area contributed by atoms with Gasteiger partial charge in [0.1, 0.15) is 22.3 Å². The number of furan rings is 2. The van der Waals surface area contributed by atoms with Crippen LogP contribution in [-0.2, 0) is 6.54 Å². The van der Waals surface area contributed by atoms with Crippen LogP contribution in [0.2, 0.25) is 0 Å². The Hall–Kier alpha value is -4.93. The van der Waals surface area contributed by atoms with E-state index in [1.807, 2.05) is 66.7 Å². The van der Waals surface area contributed by atoms with Crippen LogP contribution >= 0.6 is 0 Å². The molecule has 0 spiro atoms. The maximum absolute atomic E-state index is 8.99. The number of rotatable bonds is 9. The first-order chi connectivity index (χ1) is 24.7. The van der Waals surface area contributed by atoms with E-state index in [4.69, 9.17) is 14.6 Å². The number of hydrogen-bond acceptors (Lipinski definition) is 3. The molecule has 0 bridgehead atoms. The van der Waals surface area contributed by atoms with Gasteiger partial charge in [0.25, 0.3) is 0 Å². The van der Waals surface area contributed by atoms with Gasteiger partial charge in [0.05, 0.1) is 0 Å². The number of nitrogens with one attached hydrogen (secondary N) is 2. The molecule has 9 aromatic rings. The number of quaternary nitrogens is 1. The van der Waals surface area contributed by atoms with Crippen molar-refractivity contribution in [2.45, 2.75) is 18.9 Å². The summed E-state index contributed by atoms with van der Waals surface area (Å²) in [4.78, 5) is 0. The van der Waals surface area contributed by atoms with Crippen molar-refractivity contribution in [2.24, 2.45) is 0 Å². The first-order valence-corrected chi connectivity index (χ1v) is 16.9. The first-order valence-electron chi connectivity index (χ1n) is 16.9. The molecule has 0 fully saturated rings. The van der Waals surface area contributed by atoms with Crippen molar-refractivity contribution >= 4 is 43.9 Å². The van der Waals surface area contributed by atoms with Crippen molar-refractivity contribution in [3.63, 3.8) is 0 Å². The Bertz CT molecular complexity index is 2610. The van der Waals surface area contributed by atoms with Crippen LogP contribution in [0.15, 0.2) is 160 Å². The summed E-state index contributed by atoms with van der Waals surface area (Å²) in [6, 6.07) is 58.3. The van der Waals surface area contributed by atoms with Gasteiger partial charge in [0.2, 0.25) is 0 Å². The van der Waals surface area contributed by atoms with E-state index >= 15 is 0 Å². The normalized spacial score (nSPS) is 12.7. The molecule has 4 N–H and O–H groups in total. The fourth-order valence-electron chi connectivity index (χ4n) is 6.88. The molecule has 0 aliphatic carbocycles. The third-order valence-corrected chi connectivity index (χ3v) is 9.47. The molecule has 2 atom stereocenters. The number of fused-ring (bicyclic) bond motifs is 6. The van der Waals surface area contributed by atoms with Crippen molar-refractivity contribution in [1.29, 1.82) is 0 Å². The molecule has 5 nitrogen and oxygen atoms in total. The van der Waals surface area contributed by atoms with Gasteiger partial charge in [-0.3, -0.25) is 5.32 Å². The van der Waals surface area contributed by atoms with Crippen LogP contribution in [-0.4, -0.2) is 0 Å². The predicted molar refractivity (Wildman–Crippen MR) is 201 cm³/mol. The summed E-state index contributed by atoms with van der Waals surface area (Å²) in [6.07, 6.45) is -0.694. The second kappa shape index (κ2) is 14.4. The van der Waals surface area contributed by atoms with Crippen LogP contribution < -0.4 is 10.6 Å². The summed E-state index contributed by atoms with van der Waals surface area (Å²) in [6.45, 7) is 0.595. The van der Waals surface area contributed by atoms with Crippen molar-refractivity contribution in [1.82, 2.24) is 5.32 Å². The van der Waals surface area contributed by atoms with Gasteiger partial charge in [0.15, 0.2) is 6.17 Å². The van der Waals surface area contributed by atoms with E-state index in [1.165, 1.54) is 0 Å². The molecule has 6 heteroatoms. The van der Waals surface area contributed by atoms with Crippen molar-refractivity contribution < 1.29 is 45.3 Å². The van der Waals surface area contributed by atoms with Gasteiger partial charge in [-0.05, 0) is 41.5 Å². The van der Waals surface area contributed by atoms with Crippen LogP contribution in [0.4, 0.5) is 0 Å². The van der Waals surface area contributed by atoms with Gasteiger partial charge in [-0.15, -0.1) is 23.8 Å². The molecule has 0 saturated carbocycles. The van der Waals surface area contributed by atoms with E-state index in [0.29, 0.717) is 6.54 Å². The molecule has 0 radical (unpaired) electrons. The van der Waals surface area contributed by atoms with Crippen molar-refractivity contribution in [3.8, 4) is 22.3 Å². The van der Waals surface area contributed by atoms with Crippen LogP contribution in [0, 0.1) is 43.2 Å². The zero-order valence-corrected chi connectivity index (χ0v) is 31.9. The summed E-state index contributed by atoms with van der Waals surface area (Å²) in [5.41, 5.74) is 19.6. The molecule has 2 unspecified atom stereocenters. The summed E-state index contributed by atoms with van der Waals surface area (Å²) in [7, 11) is 0. The molecular formula is C45H33N3O2U. The molecule has 244 valence electrons. The molecular weight excluding hydrogens is 853 g/mol. The van der Waals surface area contributed by atoms with Crippen molar-refractivity contribution in [2.75, 3.05) is 0 Å². The molecule has 9 rings (SSSR count). The number of hydrogen-bond donors (Lipinski definition) is 2. The SMILES string of the molecule is [NH-]C([NH2+]C(NCc1ccc2c(c1)oc1cc(-c3[c-]c(-c4[c-]cccc4)ccc3)ccc12)c1ccc2c(c1)oc1ccccc12)c1ccccc1.[U+2]. The maximum atomic E-state index is 8.99. The number of nitrogens with two attached hydrogens (primary N) is 1. The Morgan fingerprint density at radius 3 is 2.08 bits per heavy atom. The fraction of sp³-hybridized carbons (Fsp3) is 0.0667. The molecule has 2 aromatic heterocycles. The number of para-hydroxylation sites is 1. The molecule has 0 aliphatic rings.